The van der Waals surface area contributed by atoms with E-state index in [0.717, 1.165) is 44.0 Å². The first-order valence-corrected chi connectivity index (χ1v) is 9.87. The molecule has 0 bridgehead atoms. The van der Waals surface area contributed by atoms with Crippen molar-refractivity contribution in [1.82, 2.24) is 9.80 Å². The Morgan fingerprint density at radius 2 is 1.93 bits per heavy atom. The van der Waals surface area contributed by atoms with Crippen LogP contribution in [0.15, 0.2) is 28.7 Å². The number of furan rings is 1. The number of likely N-dealkylation sites (N-methyl/N-ethyl adjacent to an activating group) is 1. The highest BCUT2D eigenvalue weighted by Gasteiger charge is 2.19. The second-order valence-electron chi connectivity index (χ2n) is 7.84. The van der Waals surface area contributed by atoms with Crippen LogP contribution < -0.4 is 10.1 Å². The Hall–Kier alpha value is -2.31. The van der Waals surface area contributed by atoms with Crippen molar-refractivity contribution in [3.05, 3.63) is 46.9 Å². The van der Waals surface area contributed by atoms with Crippen LogP contribution >= 0.6 is 0 Å². The minimum atomic E-state index is -0.178. The quantitative estimate of drug-likeness (QED) is 0.821. The Morgan fingerprint density at radius 3 is 2.54 bits per heavy atom. The van der Waals surface area contributed by atoms with Gasteiger partial charge in [0.1, 0.15) is 17.3 Å². The molecule has 1 aromatic heterocycles. The maximum atomic E-state index is 12.8. The second-order valence-corrected chi connectivity index (χ2v) is 7.84. The lowest BCUT2D eigenvalue weighted by molar-refractivity contribution is 0.102. The number of carbonyl (C=O) groups is 1. The molecule has 3 rings (SSSR count). The third-order valence-corrected chi connectivity index (χ3v) is 5.26. The van der Waals surface area contributed by atoms with Gasteiger partial charge >= 0.3 is 0 Å². The van der Waals surface area contributed by atoms with Crippen LogP contribution in [0.2, 0.25) is 0 Å². The molecule has 1 N–H and O–H groups in total. The molecule has 1 fully saturated rings. The molecule has 1 saturated heterocycles. The van der Waals surface area contributed by atoms with Gasteiger partial charge in [0.2, 0.25) is 0 Å². The lowest BCUT2D eigenvalue weighted by atomic mass is 10.1. The van der Waals surface area contributed by atoms with Gasteiger partial charge in [-0.2, -0.15) is 0 Å². The molecule has 1 aliphatic heterocycles. The third kappa shape index (κ3) is 4.75. The Morgan fingerprint density at radius 1 is 1.21 bits per heavy atom. The molecule has 6 nitrogen and oxygen atoms in total. The van der Waals surface area contributed by atoms with Crippen LogP contribution in [0.1, 0.15) is 47.2 Å². The lowest BCUT2D eigenvalue weighted by Crippen LogP contribution is -2.43. The summed E-state index contributed by atoms with van der Waals surface area (Å²) in [5.41, 5.74) is 2.41. The van der Waals surface area contributed by atoms with E-state index in [1.165, 1.54) is 0 Å². The van der Waals surface area contributed by atoms with Crippen molar-refractivity contribution < 1.29 is 13.9 Å². The van der Waals surface area contributed by atoms with Gasteiger partial charge in [-0.05, 0) is 37.7 Å². The van der Waals surface area contributed by atoms with Crippen molar-refractivity contribution in [1.29, 1.82) is 0 Å². The maximum absolute atomic E-state index is 12.8. The molecule has 28 heavy (non-hydrogen) atoms. The van der Waals surface area contributed by atoms with Crippen molar-refractivity contribution in [2.75, 3.05) is 45.7 Å². The van der Waals surface area contributed by atoms with Crippen molar-refractivity contribution in [2.45, 2.75) is 33.2 Å². The van der Waals surface area contributed by atoms with Gasteiger partial charge in [-0.15, -0.1) is 0 Å². The van der Waals surface area contributed by atoms with Gasteiger partial charge in [0.15, 0.2) is 0 Å². The normalized spacial score (nSPS) is 15.8. The van der Waals surface area contributed by atoms with Gasteiger partial charge in [-0.1, -0.05) is 19.9 Å². The Bertz CT molecular complexity index is 820. The first kappa shape index (κ1) is 20.4. The van der Waals surface area contributed by atoms with Crippen molar-refractivity contribution in [3.63, 3.8) is 0 Å². The third-order valence-electron chi connectivity index (χ3n) is 5.26. The van der Waals surface area contributed by atoms with Crippen LogP contribution in [0.4, 0.5) is 5.69 Å². The maximum Gasteiger partial charge on any atom is 0.259 e. The van der Waals surface area contributed by atoms with Crippen molar-refractivity contribution in [2.24, 2.45) is 0 Å². The molecular formula is C22H31N3O3. The van der Waals surface area contributed by atoms with Crippen LogP contribution in [-0.2, 0) is 6.54 Å². The first-order valence-electron chi connectivity index (χ1n) is 9.87. The monoisotopic (exact) mass is 385 g/mol. The Labute approximate surface area is 167 Å². The zero-order valence-corrected chi connectivity index (χ0v) is 17.5. The van der Waals surface area contributed by atoms with Gasteiger partial charge < -0.3 is 19.4 Å². The number of methoxy groups -OCH3 is 1. The number of aryl methyl sites for hydroxylation is 1. The highest BCUT2D eigenvalue weighted by molar-refractivity contribution is 6.05. The predicted octanol–water partition coefficient (Wildman–Crippen LogP) is 3.72. The van der Waals surface area contributed by atoms with E-state index in [2.05, 4.69) is 28.2 Å². The average Bonchev–Trinajstić information content (AvgIpc) is 3.06. The fourth-order valence-corrected chi connectivity index (χ4v) is 3.42. The van der Waals surface area contributed by atoms with E-state index in [-0.39, 0.29) is 11.8 Å². The molecule has 0 atom stereocenters. The van der Waals surface area contributed by atoms with Gasteiger partial charge in [-0.3, -0.25) is 9.69 Å². The van der Waals surface area contributed by atoms with E-state index in [9.17, 15) is 4.79 Å². The lowest BCUT2D eigenvalue weighted by Gasteiger charge is -2.32. The van der Waals surface area contributed by atoms with Crippen molar-refractivity contribution in [3.8, 4) is 5.75 Å². The Kier molecular flexibility index (Phi) is 6.42. The molecule has 0 radical (unpaired) electrons. The molecule has 2 aromatic rings. The second kappa shape index (κ2) is 8.80. The summed E-state index contributed by atoms with van der Waals surface area (Å²) in [5, 5.41) is 3.00. The molecule has 6 heteroatoms. The fourth-order valence-electron chi connectivity index (χ4n) is 3.42. The number of carbonyl (C=O) groups excluding carboxylic acids is 1. The number of amides is 1. The van der Waals surface area contributed by atoms with Gasteiger partial charge in [-0.25, -0.2) is 0 Å². The molecule has 1 aromatic carbocycles. The molecule has 0 aliphatic carbocycles. The van der Waals surface area contributed by atoms with Crippen molar-refractivity contribution >= 4 is 11.6 Å². The summed E-state index contributed by atoms with van der Waals surface area (Å²) in [6, 6.07) is 7.82. The number of ether oxygens (including phenoxy) is 1. The molecule has 152 valence electrons. The highest BCUT2D eigenvalue weighted by Crippen LogP contribution is 2.28. The summed E-state index contributed by atoms with van der Waals surface area (Å²) < 4.78 is 11.2. The predicted molar refractivity (Wildman–Crippen MR) is 111 cm³/mol. The molecule has 1 aliphatic rings. The van der Waals surface area contributed by atoms with Crippen LogP contribution in [0.3, 0.4) is 0 Å². The minimum absolute atomic E-state index is 0.178. The zero-order valence-electron chi connectivity index (χ0n) is 17.5. The van der Waals surface area contributed by atoms with E-state index >= 15 is 0 Å². The summed E-state index contributed by atoms with van der Waals surface area (Å²) in [5.74, 6) is 2.16. The van der Waals surface area contributed by atoms with E-state index in [1.54, 1.807) is 7.11 Å². The standard InChI is InChI=1S/C22H31N3O3/c1-15(2)21-13-18(16(3)28-21)22(26)23-19-12-17(6-7-20(19)27-5)14-25-10-8-24(4)9-11-25/h6-7,12-13,15H,8-11,14H2,1-5H3,(H,23,26). The number of anilines is 1. The van der Waals surface area contributed by atoms with E-state index in [1.807, 2.05) is 39.0 Å². The van der Waals surface area contributed by atoms with Gasteiger partial charge in [0, 0.05) is 38.6 Å². The summed E-state index contributed by atoms with van der Waals surface area (Å²) in [6.45, 7) is 11.0. The van der Waals surface area contributed by atoms with E-state index in [4.69, 9.17) is 9.15 Å². The number of piperazine rings is 1. The SMILES string of the molecule is COc1ccc(CN2CCN(C)CC2)cc1NC(=O)c1cc(C(C)C)oc1C. The largest absolute Gasteiger partial charge is 0.495 e. The number of rotatable bonds is 6. The molecule has 1 amide bonds. The number of nitrogens with one attached hydrogen (secondary N) is 1. The van der Waals surface area contributed by atoms with E-state index < -0.39 is 0 Å². The van der Waals surface area contributed by atoms with Gasteiger partial charge in [0.25, 0.3) is 5.91 Å². The van der Waals surface area contributed by atoms with Crippen LogP contribution in [0, 0.1) is 6.92 Å². The van der Waals surface area contributed by atoms with E-state index in [0.29, 0.717) is 22.8 Å². The van der Waals surface area contributed by atoms with Gasteiger partial charge in [0.05, 0.1) is 18.4 Å². The smallest absolute Gasteiger partial charge is 0.259 e. The zero-order chi connectivity index (χ0) is 20.3. The number of hydrogen-bond donors (Lipinski definition) is 1. The molecule has 0 saturated carbocycles. The fraction of sp³-hybridized carbons (Fsp3) is 0.500. The van der Waals surface area contributed by atoms with Crippen LogP contribution in [0.5, 0.6) is 5.75 Å². The van der Waals surface area contributed by atoms with Crippen LogP contribution in [-0.4, -0.2) is 56.0 Å². The highest BCUT2D eigenvalue weighted by atomic mass is 16.5. The van der Waals surface area contributed by atoms with Crippen LogP contribution in [0.25, 0.3) is 0 Å². The molecular weight excluding hydrogens is 354 g/mol. The average molecular weight is 386 g/mol. The topological polar surface area (TPSA) is 58.0 Å². The summed E-state index contributed by atoms with van der Waals surface area (Å²) in [4.78, 5) is 17.6. The Balaban J connectivity index is 1.75. The minimum Gasteiger partial charge on any atom is -0.495 e. The summed E-state index contributed by atoms with van der Waals surface area (Å²) in [7, 11) is 3.77. The molecule has 0 spiro atoms. The number of hydrogen-bond acceptors (Lipinski definition) is 5. The molecule has 0 unspecified atom stereocenters. The summed E-state index contributed by atoms with van der Waals surface area (Å²) >= 11 is 0. The number of benzene rings is 1. The number of nitrogens with zero attached hydrogens (tertiary/aromatic N) is 2. The summed E-state index contributed by atoms with van der Waals surface area (Å²) in [6.07, 6.45) is 0. The molecule has 2 heterocycles. The first-order chi connectivity index (χ1) is 13.4.